The van der Waals surface area contributed by atoms with E-state index in [0.29, 0.717) is 0 Å². The van der Waals surface area contributed by atoms with Crippen molar-refractivity contribution in [3.05, 3.63) is 12.2 Å². The molecule has 0 unspecified atom stereocenters. The summed E-state index contributed by atoms with van der Waals surface area (Å²) >= 11 is 0. The molecule has 2 atom stereocenters. The molecular formula is C9H16O. The van der Waals surface area contributed by atoms with Crippen LogP contribution < -0.4 is 0 Å². The first-order chi connectivity index (χ1) is 5.07. The fourth-order valence-corrected chi connectivity index (χ4v) is 0.625. The highest BCUT2D eigenvalue weighted by atomic mass is 16.1. The second-order valence-corrected chi connectivity index (χ2v) is 2.60. The zero-order chi connectivity index (χ0) is 8.85. The molecule has 10 heavy (non-hydrogen) atoms. The molecule has 0 aromatic carbocycles. The van der Waals surface area contributed by atoms with Crippen LogP contribution in [0.3, 0.4) is 0 Å². The lowest BCUT2D eigenvalue weighted by molar-refractivity contribution is -0.110. The Morgan fingerprint density at radius 3 is 2.90 bits per heavy atom. The summed E-state index contributed by atoms with van der Waals surface area (Å²) in [7, 11) is 0. The van der Waals surface area contributed by atoms with E-state index in [1.807, 2.05) is 6.92 Å². The molecule has 0 aliphatic rings. The average Bonchev–Trinajstić information content (AvgIpc) is 1.99. The quantitative estimate of drug-likeness (QED) is 0.425. The Morgan fingerprint density at radius 2 is 2.50 bits per heavy atom. The van der Waals surface area contributed by atoms with Crippen molar-refractivity contribution < 1.29 is 6.17 Å². The minimum atomic E-state index is -0.200. The highest BCUT2D eigenvalue weighted by Crippen LogP contribution is 2.10. The molecular weight excluding hydrogens is 124 g/mol. The minimum absolute atomic E-state index is 0.102. The number of carbonyl (C=O) groups excluding carboxylic acids is 1. The molecule has 58 valence electrons. The van der Waals surface area contributed by atoms with Crippen LogP contribution in [0.1, 0.15) is 34.5 Å². The van der Waals surface area contributed by atoms with Gasteiger partial charge in [-0.1, -0.05) is 26.0 Å². The lowest BCUT2D eigenvalue weighted by Gasteiger charge is -2.03. The lowest BCUT2D eigenvalue weighted by atomic mass is 10.0. The van der Waals surface area contributed by atoms with Crippen molar-refractivity contribution in [2.75, 3.05) is 0 Å². The number of hydrogen-bond acceptors (Lipinski definition) is 1. The van der Waals surface area contributed by atoms with Crippen LogP contribution in [-0.2, 0) is 4.79 Å². The molecule has 0 saturated heterocycles. The van der Waals surface area contributed by atoms with E-state index in [4.69, 9.17) is 1.37 Å². The van der Waals surface area contributed by atoms with Crippen LogP contribution in [0.4, 0.5) is 0 Å². The molecule has 0 amide bonds. The molecule has 0 aromatic heterocycles. The average molecular weight is 141 g/mol. The van der Waals surface area contributed by atoms with Gasteiger partial charge in [0.05, 0.1) is 0 Å². The van der Waals surface area contributed by atoms with Crippen LogP contribution in [0, 0.1) is 5.92 Å². The summed E-state index contributed by atoms with van der Waals surface area (Å²) in [5.74, 6) is 0.102. The van der Waals surface area contributed by atoms with E-state index in [1.54, 1.807) is 6.92 Å². The van der Waals surface area contributed by atoms with Crippen molar-refractivity contribution in [3.8, 4) is 0 Å². The van der Waals surface area contributed by atoms with Gasteiger partial charge >= 0.3 is 0 Å². The summed E-state index contributed by atoms with van der Waals surface area (Å²) in [5, 5.41) is 0. The van der Waals surface area contributed by atoms with Gasteiger partial charge in [-0.3, -0.25) is 0 Å². The number of carbonyl (C=O) groups is 1. The van der Waals surface area contributed by atoms with Crippen molar-refractivity contribution in [2.45, 2.75) is 33.1 Å². The topological polar surface area (TPSA) is 17.1 Å². The molecule has 0 N–H and O–H groups in total. The zero-order valence-electron chi connectivity index (χ0n) is 7.76. The zero-order valence-corrected chi connectivity index (χ0v) is 6.76. The van der Waals surface area contributed by atoms with Crippen molar-refractivity contribution in [3.63, 3.8) is 0 Å². The molecule has 0 heterocycles. The van der Waals surface area contributed by atoms with Crippen LogP contribution in [0.2, 0.25) is 0 Å². The summed E-state index contributed by atoms with van der Waals surface area (Å²) in [5.41, 5.74) is 0.915. The molecule has 0 rings (SSSR count). The van der Waals surface area contributed by atoms with E-state index >= 15 is 0 Å². The Morgan fingerprint density at radius 1 is 1.90 bits per heavy atom. The van der Waals surface area contributed by atoms with Crippen molar-refractivity contribution >= 4 is 6.29 Å². The monoisotopic (exact) mass is 141 g/mol. The summed E-state index contributed by atoms with van der Waals surface area (Å²) in [6, 6.07) is 0. The third-order valence-corrected chi connectivity index (χ3v) is 1.56. The first-order valence-corrected chi connectivity index (χ1v) is 3.63. The SMILES string of the molecule is [2H][C@@H](C)C(=C)CC[C@@H](C)C=O. The van der Waals surface area contributed by atoms with Crippen LogP contribution in [0.25, 0.3) is 0 Å². The summed E-state index contributed by atoms with van der Waals surface area (Å²) in [6.45, 7) is 7.44. The van der Waals surface area contributed by atoms with Crippen LogP contribution in [-0.4, -0.2) is 6.29 Å². The van der Waals surface area contributed by atoms with E-state index in [1.165, 1.54) is 0 Å². The summed E-state index contributed by atoms with van der Waals surface area (Å²) < 4.78 is 7.30. The third-order valence-electron chi connectivity index (χ3n) is 1.56. The maximum Gasteiger partial charge on any atom is 0.122 e. The maximum atomic E-state index is 10.2. The maximum absolute atomic E-state index is 10.2. The molecule has 0 saturated carbocycles. The number of rotatable bonds is 5. The van der Waals surface area contributed by atoms with Gasteiger partial charge in [0.15, 0.2) is 0 Å². The summed E-state index contributed by atoms with van der Waals surface area (Å²) in [6.07, 6.45) is 2.37. The Labute approximate surface area is 64.5 Å². The molecule has 0 bridgehead atoms. The van der Waals surface area contributed by atoms with Crippen LogP contribution >= 0.6 is 0 Å². The smallest absolute Gasteiger partial charge is 0.122 e. The largest absolute Gasteiger partial charge is 0.303 e. The van der Waals surface area contributed by atoms with Crippen molar-refractivity contribution in [2.24, 2.45) is 5.92 Å². The fourth-order valence-electron chi connectivity index (χ4n) is 0.625. The molecule has 0 aromatic rings. The Balaban J connectivity index is 3.54. The van der Waals surface area contributed by atoms with Gasteiger partial charge < -0.3 is 4.79 Å². The second-order valence-electron chi connectivity index (χ2n) is 2.60. The first kappa shape index (κ1) is 7.52. The number of allylic oxidation sites excluding steroid dienone is 1. The normalized spacial score (nSPS) is 17.2. The number of aldehydes is 1. The number of hydrogen-bond donors (Lipinski definition) is 0. The van der Waals surface area contributed by atoms with Gasteiger partial charge in [-0.15, -0.1) is 0 Å². The molecule has 0 radical (unpaired) electrons. The molecule has 1 nitrogen and oxygen atoms in total. The van der Waals surface area contributed by atoms with Gasteiger partial charge in [-0.2, -0.15) is 0 Å². The minimum Gasteiger partial charge on any atom is -0.303 e. The van der Waals surface area contributed by atoms with E-state index in [0.717, 1.165) is 24.7 Å². The fraction of sp³-hybridized carbons (Fsp3) is 0.667. The Hall–Kier alpha value is -0.590. The van der Waals surface area contributed by atoms with Gasteiger partial charge in [-0.25, -0.2) is 0 Å². The van der Waals surface area contributed by atoms with E-state index in [-0.39, 0.29) is 12.3 Å². The molecule has 1 heteroatoms. The second kappa shape index (κ2) is 5.21. The third kappa shape index (κ3) is 4.30. The molecule has 0 aliphatic carbocycles. The van der Waals surface area contributed by atoms with Gasteiger partial charge in [0.2, 0.25) is 0 Å². The van der Waals surface area contributed by atoms with Gasteiger partial charge in [0, 0.05) is 7.29 Å². The van der Waals surface area contributed by atoms with Crippen LogP contribution in [0.5, 0.6) is 0 Å². The van der Waals surface area contributed by atoms with Gasteiger partial charge in [0.25, 0.3) is 0 Å². The molecule has 0 spiro atoms. The molecule has 0 aliphatic heterocycles. The van der Waals surface area contributed by atoms with Gasteiger partial charge in [-0.05, 0) is 19.2 Å². The van der Waals surface area contributed by atoms with Crippen molar-refractivity contribution in [1.82, 2.24) is 0 Å². The first-order valence-electron chi connectivity index (χ1n) is 4.21. The Kier molecular flexibility index (Phi) is 3.92. The van der Waals surface area contributed by atoms with Gasteiger partial charge in [0.1, 0.15) is 6.29 Å². The standard InChI is InChI=1S/C9H16O/c1-4-8(2)5-6-9(3)7-10/h7,9H,2,4-6H2,1,3H3/t9-/m1/s1/i4D/t4-,9+/m0. The van der Waals surface area contributed by atoms with Crippen LogP contribution in [0.15, 0.2) is 12.2 Å². The highest BCUT2D eigenvalue weighted by molar-refractivity contribution is 5.52. The molecule has 0 fully saturated rings. The van der Waals surface area contributed by atoms with E-state index in [9.17, 15) is 4.79 Å². The predicted molar refractivity (Wildman–Crippen MR) is 43.9 cm³/mol. The highest BCUT2D eigenvalue weighted by Gasteiger charge is 1.99. The lowest BCUT2D eigenvalue weighted by Crippen LogP contribution is -1.95. The van der Waals surface area contributed by atoms with Crippen molar-refractivity contribution in [1.29, 1.82) is 0 Å². The summed E-state index contributed by atoms with van der Waals surface area (Å²) in [4.78, 5) is 10.2. The van der Waals surface area contributed by atoms with E-state index in [2.05, 4.69) is 6.58 Å². The van der Waals surface area contributed by atoms with E-state index < -0.39 is 0 Å². The predicted octanol–water partition coefficient (Wildman–Crippen LogP) is 2.57. The Bertz CT molecular complexity index is 140.